The lowest BCUT2D eigenvalue weighted by Crippen LogP contribution is -2.50. The molecule has 0 spiro atoms. The van der Waals surface area contributed by atoms with Crippen molar-refractivity contribution in [3.05, 3.63) is 65.4 Å². The summed E-state index contributed by atoms with van der Waals surface area (Å²) < 4.78 is 5.89. The molecule has 1 aliphatic rings. The third-order valence-electron chi connectivity index (χ3n) is 4.93. The summed E-state index contributed by atoms with van der Waals surface area (Å²) in [6.45, 7) is 5.66. The Morgan fingerprint density at radius 1 is 1.23 bits per heavy atom. The van der Waals surface area contributed by atoms with Crippen molar-refractivity contribution in [3.63, 3.8) is 0 Å². The highest BCUT2D eigenvalue weighted by Crippen LogP contribution is 2.24. The van der Waals surface area contributed by atoms with Gasteiger partial charge in [0.15, 0.2) is 0 Å². The number of hydrogen-bond acceptors (Lipinski definition) is 3. The molecule has 1 unspecified atom stereocenters. The summed E-state index contributed by atoms with van der Waals surface area (Å²) in [5.74, 6) is 0.655. The van der Waals surface area contributed by atoms with Crippen LogP contribution in [0.1, 0.15) is 34.5 Å². The lowest BCUT2D eigenvalue weighted by Gasteiger charge is -2.28. The van der Waals surface area contributed by atoms with Crippen molar-refractivity contribution in [2.45, 2.75) is 26.0 Å². The van der Waals surface area contributed by atoms with Crippen molar-refractivity contribution < 1.29 is 9.53 Å². The molecule has 1 amide bonds. The van der Waals surface area contributed by atoms with Gasteiger partial charge in [0.2, 0.25) is 0 Å². The van der Waals surface area contributed by atoms with Gasteiger partial charge in [-0.25, -0.2) is 0 Å². The van der Waals surface area contributed by atoms with Gasteiger partial charge in [-0.15, -0.1) is 0 Å². The minimum Gasteiger partial charge on any atom is -0.488 e. The molecule has 4 rings (SSSR count). The zero-order valence-corrected chi connectivity index (χ0v) is 15.0. The van der Waals surface area contributed by atoms with Crippen LogP contribution in [0.15, 0.2) is 48.7 Å². The fraction of sp³-hybridized carbons (Fsp3) is 0.286. The number of rotatable bonds is 5. The summed E-state index contributed by atoms with van der Waals surface area (Å²) in [5.41, 5.74) is 3.73. The van der Waals surface area contributed by atoms with Gasteiger partial charge in [-0.2, -0.15) is 0 Å². The minimum atomic E-state index is -0.107. The van der Waals surface area contributed by atoms with Crippen LogP contribution in [0.25, 0.3) is 10.9 Å². The zero-order valence-electron chi connectivity index (χ0n) is 15.0. The normalized spacial score (nSPS) is 15.5. The van der Waals surface area contributed by atoms with Gasteiger partial charge in [-0.05, 0) is 48.6 Å². The Labute approximate surface area is 152 Å². The summed E-state index contributed by atoms with van der Waals surface area (Å²) in [6, 6.07) is 13.7. The predicted molar refractivity (Wildman–Crippen MR) is 103 cm³/mol. The van der Waals surface area contributed by atoms with Crippen LogP contribution in [-0.4, -0.2) is 30.1 Å². The number of aryl methyl sites for hydroxylation is 1. The second-order valence-corrected chi connectivity index (χ2v) is 6.86. The summed E-state index contributed by atoms with van der Waals surface area (Å²) >= 11 is 0. The number of benzene rings is 2. The van der Waals surface area contributed by atoms with Crippen LogP contribution in [0.5, 0.6) is 5.75 Å². The molecular weight excluding hydrogens is 326 g/mol. The quantitative estimate of drug-likeness (QED) is 0.662. The van der Waals surface area contributed by atoms with Crippen molar-refractivity contribution in [2.24, 2.45) is 0 Å². The average Bonchev–Trinajstić information content (AvgIpc) is 3.07. The molecule has 2 aromatic carbocycles. The highest BCUT2D eigenvalue weighted by molar-refractivity contribution is 5.96. The molecule has 0 saturated carbocycles. The molecule has 1 aliphatic heterocycles. The second-order valence-electron chi connectivity index (χ2n) is 6.86. The van der Waals surface area contributed by atoms with Crippen molar-refractivity contribution in [3.8, 4) is 5.75 Å². The van der Waals surface area contributed by atoms with Crippen molar-refractivity contribution >= 4 is 16.8 Å². The van der Waals surface area contributed by atoms with E-state index < -0.39 is 0 Å². The van der Waals surface area contributed by atoms with Crippen molar-refractivity contribution in [1.82, 2.24) is 15.6 Å². The fourth-order valence-corrected chi connectivity index (χ4v) is 3.28. The van der Waals surface area contributed by atoms with E-state index in [1.54, 1.807) is 0 Å². The molecule has 134 valence electrons. The summed E-state index contributed by atoms with van der Waals surface area (Å²) in [4.78, 5) is 16.1. The molecule has 0 aliphatic carbocycles. The average molecular weight is 349 g/mol. The molecule has 5 heteroatoms. The summed E-state index contributed by atoms with van der Waals surface area (Å²) in [7, 11) is 0. The first-order valence-corrected chi connectivity index (χ1v) is 8.96. The number of fused-ring (bicyclic) bond motifs is 1. The SMILES string of the molecule is Cc1ccc(OC2CNC2)cc1C(=O)NC(C)c1cccc2cc[nH]c12. The molecule has 3 N–H and O–H groups in total. The van der Waals surface area contributed by atoms with Crippen LogP contribution in [0.3, 0.4) is 0 Å². The smallest absolute Gasteiger partial charge is 0.252 e. The largest absolute Gasteiger partial charge is 0.488 e. The van der Waals surface area contributed by atoms with Gasteiger partial charge in [0.1, 0.15) is 11.9 Å². The standard InChI is InChI=1S/C21H23N3O2/c1-13-6-7-16(26-17-11-22-12-17)10-19(13)21(25)24-14(2)18-5-3-4-15-8-9-23-20(15)18/h3-10,14,17,22-23H,11-12H2,1-2H3,(H,24,25). The van der Waals surface area contributed by atoms with Crippen LogP contribution in [0.4, 0.5) is 0 Å². The monoisotopic (exact) mass is 349 g/mol. The van der Waals surface area contributed by atoms with E-state index in [-0.39, 0.29) is 18.1 Å². The molecule has 26 heavy (non-hydrogen) atoms. The molecular formula is C21H23N3O2. The first-order valence-electron chi connectivity index (χ1n) is 8.96. The zero-order chi connectivity index (χ0) is 18.1. The predicted octanol–water partition coefficient (Wildman–Crippen LogP) is 3.32. The highest BCUT2D eigenvalue weighted by Gasteiger charge is 2.20. The highest BCUT2D eigenvalue weighted by atomic mass is 16.5. The molecule has 1 aromatic heterocycles. The van der Waals surface area contributed by atoms with Gasteiger partial charge in [-0.1, -0.05) is 24.3 Å². The number of nitrogens with one attached hydrogen (secondary N) is 3. The Balaban J connectivity index is 1.53. The summed E-state index contributed by atoms with van der Waals surface area (Å²) in [6.07, 6.45) is 2.11. The third-order valence-corrected chi connectivity index (χ3v) is 4.93. The van der Waals surface area contributed by atoms with E-state index in [2.05, 4.69) is 21.7 Å². The van der Waals surface area contributed by atoms with Crippen LogP contribution in [0.2, 0.25) is 0 Å². The van der Waals surface area contributed by atoms with E-state index in [9.17, 15) is 4.79 Å². The van der Waals surface area contributed by atoms with Crippen LogP contribution >= 0.6 is 0 Å². The Kier molecular flexibility index (Phi) is 4.39. The molecule has 1 atom stereocenters. The number of aromatic amines is 1. The first-order chi connectivity index (χ1) is 12.6. The number of para-hydroxylation sites is 1. The molecule has 5 nitrogen and oxygen atoms in total. The lowest BCUT2D eigenvalue weighted by molar-refractivity contribution is 0.0937. The van der Waals surface area contributed by atoms with Gasteiger partial charge >= 0.3 is 0 Å². The van der Waals surface area contributed by atoms with E-state index in [0.29, 0.717) is 5.56 Å². The molecule has 3 aromatic rings. The number of amides is 1. The van der Waals surface area contributed by atoms with E-state index in [1.807, 2.05) is 56.4 Å². The molecule has 1 fully saturated rings. The van der Waals surface area contributed by atoms with E-state index in [1.165, 1.54) is 0 Å². The number of carbonyl (C=O) groups excluding carboxylic acids is 1. The molecule has 2 heterocycles. The minimum absolute atomic E-state index is 0.0873. The first kappa shape index (κ1) is 16.7. The summed E-state index contributed by atoms with van der Waals surface area (Å²) in [5, 5.41) is 7.44. The Hall–Kier alpha value is -2.79. The van der Waals surface area contributed by atoms with Gasteiger partial charge in [0.05, 0.1) is 11.6 Å². The number of H-pyrrole nitrogens is 1. The number of hydrogen-bond donors (Lipinski definition) is 3. The second kappa shape index (κ2) is 6.84. The maximum atomic E-state index is 12.9. The van der Waals surface area contributed by atoms with Gasteiger partial charge in [-0.3, -0.25) is 4.79 Å². The lowest BCUT2D eigenvalue weighted by atomic mass is 10.0. The van der Waals surface area contributed by atoms with E-state index >= 15 is 0 Å². The maximum absolute atomic E-state index is 12.9. The number of aromatic nitrogens is 1. The van der Waals surface area contributed by atoms with Crippen molar-refractivity contribution in [1.29, 1.82) is 0 Å². The fourth-order valence-electron chi connectivity index (χ4n) is 3.28. The van der Waals surface area contributed by atoms with Crippen LogP contribution in [0, 0.1) is 6.92 Å². The maximum Gasteiger partial charge on any atom is 0.252 e. The third kappa shape index (κ3) is 3.18. The van der Waals surface area contributed by atoms with Crippen LogP contribution in [-0.2, 0) is 0 Å². The van der Waals surface area contributed by atoms with Crippen LogP contribution < -0.4 is 15.4 Å². The topological polar surface area (TPSA) is 66.2 Å². The van der Waals surface area contributed by atoms with E-state index in [4.69, 9.17) is 4.74 Å². The molecule has 0 bridgehead atoms. The molecule has 0 radical (unpaired) electrons. The number of carbonyl (C=O) groups is 1. The number of ether oxygens (including phenoxy) is 1. The van der Waals surface area contributed by atoms with Gasteiger partial charge in [0.25, 0.3) is 5.91 Å². The van der Waals surface area contributed by atoms with E-state index in [0.717, 1.165) is 40.9 Å². The Morgan fingerprint density at radius 2 is 2.08 bits per heavy atom. The van der Waals surface area contributed by atoms with Gasteiger partial charge in [0, 0.05) is 24.8 Å². The van der Waals surface area contributed by atoms with Crippen molar-refractivity contribution in [2.75, 3.05) is 13.1 Å². The van der Waals surface area contributed by atoms with Gasteiger partial charge < -0.3 is 20.4 Å². The Morgan fingerprint density at radius 3 is 2.85 bits per heavy atom. The Bertz CT molecular complexity index is 943. The molecule has 1 saturated heterocycles.